The smallest absolute Gasteiger partial charge is 0.333 e. The van der Waals surface area contributed by atoms with Gasteiger partial charge >= 0.3 is 5.97 Å². The molecular formula is C27H30ClNO5S. The summed E-state index contributed by atoms with van der Waals surface area (Å²) >= 11 is 7.93. The second-order valence-electron chi connectivity index (χ2n) is 8.39. The Balaban J connectivity index is 1.80. The molecule has 1 atom stereocenters. The van der Waals surface area contributed by atoms with E-state index >= 15 is 0 Å². The van der Waals surface area contributed by atoms with Crippen LogP contribution in [0.1, 0.15) is 48.7 Å². The van der Waals surface area contributed by atoms with Crippen molar-refractivity contribution in [1.82, 2.24) is 5.32 Å². The number of thiophene rings is 1. The number of amides is 1. The summed E-state index contributed by atoms with van der Waals surface area (Å²) < 4.78 is 11.1. The second kappa shape index (κ2) is 12.7. The average molecular weight is 516 g/mol. The average Bonchev–Trinajstić information content (AvgIpc) is 3.35. The molecule has 3 aromatic rings. The summed E-state index contributed by atoms with van der Waals surface area (Å²) in [5, 5.41) is 16.8. The summed E-state index contributed by atoms with van der Waals surface area (Å²) in [5.74, 6) is -0.681. The van der Waals surface area contributed by atoms with E-state index in [1.807, 2.05) is 55.8 Å². The SMILES string of the molecule is CCCOc1ccc(C(=O)NCc2cc(CC(OC(C)C)C(=O)O)ccc2-c2ccsc2)c(Cl)c1. The van der Waals surface area contributed by atoms with Crippen LogP contribution in [0.2, 0.25) is 5.02 Å². The Labute approximate surface area is 214 Å². The zero-order valence-corrected chi connectivity index (χ0v) is 21.6. The molecule has 8 heteroatoms. The highest BCUT2D eigenvalue weighted by Crippen LogP contribution is 2.28. The Morgan fingerprint density at radius 3 is 2.57 bits per heavy atom. The topological polar surface area (TPSA) is 84.9 Å². The van der Waals surface area contributed by atoms with E-state index in [1.165, 1.54) is 0 Å². The van der Waals surface area contributed by atoms with E-state index in [-0.39, 0.29) is 25.0 Å². The van der Waals surface area contributed by atoms with Crippen LogP contribution < -0.4 is 10.1 Å². The molecule has 3 rings (SSSR count). The van der Waals surface area contributed by atoms with Gasteiger partial charge in [-0.3, -0.25) is 4.79 Å². The molecule has 1 heterocycles. The molecule has 0 saturated heterocycles. The van der Waals surface area contributed by atoms with Gasteiger partial charge in [0.25, 0.3) is 5.91 Å². The number of ether oxygens (including phenoxy) is 2. The van der Waals surface area contributed by atoms with Gasteiger partial charge < -0.3 is 19.9 Å². The number of nitrogens with one attached hydrogen (secondary N) is 1. The number of carbonyl (C=O) groups excluding carboxylic acids is 1. The zero-order valence-electron chi connectivity index (χ0n) is 20.0. The molecule has 0 fully saturated rings. The van der Waals surface area contributed by atoms with Crippen molar-refractivity contribution < 1.29 is 24.2 Å². The minimum Gasteiger partial charge on any atom is -0.494 e. The molecule has 0 spiro atoms. The minimum atomic E-state index is -1.00. The summed E-state index contributed by atoms with van der Waals surface area (Å²) in [7, 11) is 0. The number of rotatable bonds is 12. The normalized spacial score (nSPS) is 11.9. The Morgan fingerprint density at radius 2 is 1.94 bits per heavy atom. The molecule has 0 aliphatic carbocycles. The predicted octanol–water partition coefficient (Wildman–Crippen LogP) is 6.21. The Bertz CT molecular complexity index is 1150. The maximum Gasteiger partial charge on any atom is 0.333 e. The molecule has 0 aliphatic rings. The lowest BCUT2D eigenvalue weighted by atomic mass is 9.97. The highest BCUT2D eigenvalue weighted by atomic mass is 35.5. The summed E-state index contributed by atoms with van der Waals surface area (Å²) in [5.41, 5.74) is 4.06. The zero-order chi connectivity index (χ0) is 25.4. The van der Waals surface area contributed by atoms with Crippen molar-refractivity contribution in [2.24, 2.45) is 0 Å². The molecule has 2 aromatic carbocycles. The van der Waals surface area contributed by atoms with Crippen LogP contribution in [-0.4, -0.2) is 35.8 Å². The molecule has 0 aliphatic heterocycles. The lowest BCUT2D eigenvalue weighted by molar-refractivity contribution is -0.153. The van der Waals surface area contributed by atoms with Crippen molar-refractivity contribution in [1.29, 1.82) is 0 Å². The van der Waals surface area contributed by atoms with E-state index in [1.54, 1.807) is 29.5 Å². The number of hydrogen-bond acceptors (Lipinski definition) is 5. The minimum absolute atomic E-state index is 0.205. The van der Waals surface area contributed by atoms with Crippen molar-refractivity contribution in [2.75, 3.05) is 6.61 Å². The first kappa shape index (κ1) is 26.7. The first-order chi connectivity index (χ1) is 16.8. The number of aliphatic carboxylic acids is 1. The molecule has 6 nitrogen and oxygen atoms in total. The van der Waals surface area contributed by atoms with E-state index in [9.17, 15) is 14.7 Å². The fourth-order valence-corrected chi connectivity index (χ4v) is 4.53. The maximum atomic E-state index is 12.9. The number of benzene rings is 2. The number of hydrogen-bond donors (Lipinski definition) is 2. The van der Waals surface area contributed by atoms with Crippen LogP contribution in [0.15, 0.2) is 53.2 Å². The second-order valence-corrected chi connectivity index (χ2v) is 9.58. The van der Waals surface area contributed by atoms with Gasteiger partial charge in [0.1, 0.15) is 5.75 Å². The number of carboxylic acid groups (broad SMARTS) is 1. The largest absolute Gasteiger partial charge is 0.494 e. The fraction of sp³-hybridized carbons (Fsp3) is 0.333. The summed E-state index contributed by atoms with van der Waals surface area (Å²) in [6, 6.07) is 12.8. The number of carbonyl (C=O) groups is 2. The third-order valence-electron chi connectivity index (χ3n) is 5.23. The molecule has 0 bridgehead atoms. The van der Waals surface area contributed by atoms with Crippen molar-refractivity contribution in [3.8, 4) is 16.9 Å². The third kappa shape index (κ3) is 7.56. The third-order valence-corrected chi connectivity index (χ3v) is 6.23. The Hall–Kier alpha value is -2.87. The van der Waals surface area contributed by atoms with E-state index in [0.717, 1.165) is 28.7 Å². The van der Waals surface area contributed by atoms with Crippen LogP contribution in [0.4, 0.5) is 0 Å². The van der Waals surface area contributed by atoms with Gasteiger partial charge in [-0.15, -0.1) is 0 Å². The first-order valence-electron chi connectivity index (χ1n) is 11.5. The standard InChI is InChI=1S/C27H30ClNO5S/c1-4-10-33-21-6-8-23(24(28)14-21)26(30)29-15-20-12-18(13-25(27(31)32)34-17(2)3)5-7-22(20)19-9-11-35-16-19/h5-9,11-12,14,16-17,25H,4,10,13,15H2,1-3H3,(H,29,30)(H,31,32). The molecule has 35 heavy (non-hydrogen) atoms. The Kier molecular flexibility index (Phi) is 9.72. The molecular weight excluding hydrogens is 486 g/mol. The predicted molar refractivity (Wildman–Crippen MR) is 140 cm³/mol. The summed E-state index contributed by atoms with van der Waals surface area (Å²) in [4.78, 5) is 24.6. The van der Waals surface area contributed by atoms with Gasteiger partial charge in [0.2, 0.25) is 0 Å². The maximum absolute atomic E-state index is 12.9. The highest BCUT2D eigenvalue weighted by molar-refractivity contribution is 7.08. The molecule has 1 amide bonds. The highest BCUT2D eigenvalue weighted by Gasteiger charge is 2.21. The molecule has 0 radical (unpaired) electrons. The molecule has 1 unspecified atom stereocenters. The molecule has 2 N–H and O–H groups in total. The van der Waals surface area contributed by atoms with Crippen molar-refractivity contribution in [2.45, 2.75) is 52.4 Å². The Morgan fingerprint density at radius 1 is 1.14 bits per heavy atom. The van der Waals surface area contributed by atoms with Gasteiger partial charge in [0.05, 0.1) is 23.3 Å². The van der Waals surface area contributed by atoms with Crippen LogP contribution in [0, 0.1) is 0 Å². The van der Waals surface area contributed by atoms with Gasteiger partial charge in [-0.05, 0) is 77.5 Å². The van der Waals surface area contributed by atoms with Crippen LogP contribution in [0.3, 0.4) is 0 Å². The lowest BCUT2D eigenvalue weighted by Gasteiger charge is -2.18. The van der Waals surface area contributed by atoms with Gasteiger partial charge in [0.15, 0.2) is 6.10 Å². The lowest BCUT2D eigenvalue weighted by Crippen LogP contribution is -2.29. The monoisotopic (exact) mass is 515 g/mol. The van der Waals surface area contributed by atoms with E-state index < -0.39 is 12.1 Å². The summed E-state index contributed by atoms with van der Waals surface area (Å²) in [6.45, 7) is 6.47. The van der Waals surface area contributed by atoms with Gasteiger partial charge in [-0.25, -0.2) is 4.79 Å². The van der Waals surface area contributed by atoms with Crippen molar-refractivity contribution in [3.05, 3.63) is 74.9 Å². The van der Waals surface area contributed by atoms with Gasteiger partial charge in [-0.1, -0.05) is 36.7 Å². The van der Waals surface area contributed by atoms with E-state index in [2.05, 4.69) is 5.32 Å². The van der Waals surface area contributed by atoms with E-state index in [0.29, 0.717) is 22.9 Å². The molecule has 186 valence electrons. The van der Waals surface area contributed by atoms with Gasteiger partial charge in [-0.2, -0.15) is 11.3 Å². The van der Waals surface area contributed by atoms with Crippen LogP contribution in [0.25, 0.3) is 11.1 Å². The molecule has 0 saturated carbocycles. The first-order valence-corrected chi connectivity index (χ1v) is 12.8. The van der Waals surface area contributed by atoms with Crippen molar-refractivity contribution >= 4 is 34.8 Å². The van der Waals surface area contributed by atoms with Crippen LogP contribution >= 0.6 is 22.9 Å². The summed E-state index contributed by atoms with van der Waals surface area (Å²) in [6.07, 6.45) is -0.0499. The molecule has 1 aromatic heterocycles. The number of halogens is 1. The van der Waals surface area contributed by atoms with Gasteiger partial charge in [0, 0.05) is 13.0 Å². The van der Waals surface area contributed by atoms with Crippen molar-refractivity contribution in [3.63, 3.8) is 0 Å². The quantitative estimate of drug-likeness (QED) is 0.299. The number of carboxylic acids is 1. The van der Waals surface area contributed by atoms with Crippen LogP contribution in [-0.2, 0) is 22.5 Å². The van der Waals surface area contributed by atoms with E-state index in [4.69, 9.17) is 21.1 Å². The fourth-order valence-electron chi connectivity index (χ4n) is 3.62. The van der Waals surface area contributed by atoms with Crippen LogP contribution in [0.5, 0.6) is 5.75 Å².